The average Bonchev–Trinajstić information content (AvgIpc) is 2.47. The Morgan fingerprint density at radius 1 is 1.10 bits per heavy atom. The summed E-state index contributed by atoms with van der Waals surface area (Å²) in [6, 6.07) is 9.79. The molecule has 0 spiro atoms. The summed E-state index contributed by atoms with van der Waals surface area (Å²) >= 11 is 0. The molecule has 1 aromatic rings. The van der Waals surface area contributed by atoms with Crippen LogP contribution in [0.3, 0.4) is 0 Å². The van der Waals surface area contributed by atoms with E-state index in [1.54, 1.807) is 0 Å². The molecule has 3 atom stereocenters. The molecule has 0 unspecified atom stereocenters. The number of ether oxygens (including phenoxy) is 2. The molecule has 0 amide bonds. The Balaban J connectivity index is 1.99. The summed E-state index contributed by atoms with van der Waals surface area (Å²) < 4.78 is 11.8. The Morgan fingerprint density at radius 3 is 2.48 bits per heavy atom. The van der Waals surface area contributed by atoms with Gasteiger partial charge in [0.15, 0.2) is 5.60 Å². The van der Waals surface area contributed by atoms with Gasteiger partial charge in [-0.3, -0.25) is 0 Å². The van der Waals surface area contributed by atoms with Crippen LogP contribution in [0.4, 0.5) is 0 Å². The highest BCUT2D eigenvalue weighted by atomic mass is 16.6. The van der Waals surface area contributed by atoms with Gasteiger partial charge < -0.3 is 9.47 Å². The van der Waals surface area contributed by atoms with Gasteiger partial charge in [0.2, 0.25) is 0 Å². The summed E-state index contributed by atoms with van der Waals surface area (Å²) in [7, 11) is 0. The highest BCUT2D eigenvalue weighted by molar-refractivity contribution is 5.84. The maximum atomic E-state index is 12.8. The second kappa shape index (κ2) is 5.13. The highest BCUT2D eigenvalue weighted by Crippen LogP contribution is 2.58. The molecule has 3 nitrogen and oxygen atoms in total. The highest BCUT2D eigenvalue weighted by Gasteiger charge is 2.67. The van der Waals surface area contributed by atoms with Gasteiger partial charge in [-0.05, 0) is 30.7 Å². The molecule has 3 saturated heterocycles. The number of carbonyl (C=O) groups is 1. The van der Waals surface area contributed by atoms with Crippen molar-refractivity contribution in [3.8, 4) is 0 Å². The van der Waals surface area contributed by atoms with Crippen LogP contribution in [0, 0.1) is 11.3 Å². The Labute approximate surface area is 126 Å². The van der Waals surface area contributed by atoms with Crippen LogP contribution >= 0.6 is 0 Å². The zero-order valence-corrected chi connectivity index (χ0v) is 13.1. The smallest absolute Gasteiger partial charge is 0.343 e. The maximum Gasteiger partial charge on any atom is 0.343 e. The second-order valence-electron chi connectivity index (χ2n) is 6.98. The lowest BCUT2D eigenvalue weighted by Gasteiger charge is -2.59. The minimum absolute atomic E-state index is 0.116. The molecule has 0 N–H and O–H groups in total. The van der Waals surface area contributed by atoms with Crippen molar-refractivity contribution in [1.82, 2.24) is 0 Å². The SMILES string of the molecule is C[C@@H]1CCOC(=O)[C@]2(c3ccccc3)O[C@H](CC1)C2(C)C. The first-order valence-electron chi connectivity index (χ1n) is 7.89. The lowest BCUT2D eigenvalue weighted by molar-refractivity contribution is -0.313. The van der Waals surface area contributed by atoms with Crippen LogP contribution in [0.1, 0.15) is 45.6 Å². The summed E-state index contributed by atoms with van der Waals surface area (Å²) in [4.78, 5) is 12.8. The summed E-state index contributed by atoms with van der Waals surface area (Å²) in [5.74, 6) is 0.339. The summed E-state index contributed by atoms with van der Waals surface area (Å²) in [6.07, 6.45) is 3.18. The first kappa shape index (κ1) is 14.6. The van der Waals surface area contributed by atoms with E-state index in [1.165, 1.54) is 0 Å². The Bertz CT molecular complexity index is 523. The largest absolute Gasteiger partial charge is 0.463 e. The quantitative estimate of drug-likeness (QED) is 0.740. The van der Waals surface area contributed by atoms with E-state index in [0.717, 1.165) is 24.8 Å². The van der Waals surface area contributed by atoms with Crippen molar-refractivity contribution < 1.29 is 14.3 Å². The van der Waals surface area contributed by atoms with Crippen LogP contribution < -0.4 is 0 Å². The van der Waals surface area contributed by atoms with E-state index in [9.17, 15) is 4.79 Å². The molecule has 4 rings (SSSR count). The third-order valence-electron chi connectivity index (χ3n) is 5.26. The predicted molar refractivity (Wildman–Crippen MR) is 80.7 cm³/mol. The third kappa shape index (κ3) is 2.10. The minimum atomic E-state index is -0.945. The molecule has 3 fully saturated rings. The van der Waals surface area contributed by atoms with E-state index in [1.807, 2.05) is 30.3 Å². The number of carbonyl (C=O) groups excluding carboxylic acids is 1. The number of hydrogen-bond acceptors (Lipinski definition) is 3. The standard InChI is InChI=1S/C18H24O3/c1-13-9-10-15-17(2,3)18(21-15,16(19)20-12-11-13)14-7-5-4-6-8-14/h4-8,13,15H,9-12H2,1-3H3/t13-,15+,18-/m0/s1. The molecule has 0 aliphatic carbocycles. The average molecular weight is 288 g/mol. The summed E-state index contributed by atoms with van der Waals surface area (Å²) in [6.45, 7) is 6.95. The first-order valence-corrected chi connectivity index (χ1v) is 7.89. The van der Waals surface area contributed by atoms with Gasteiger partial charge in [-0.1, -0.05) is 51.1 Å². The molecule has 114 valence electrons. The molecule has 0 aromatic heterocycles. The van der Waals surface area contributed by atoms with Gasteiger partial charge in [0, 0.05) is 5.41 Å². The number of benzene rings is 1. The predicted octanol–water partition coefficient (Wildman–Crippen LogP) is 3.67. The van der Waals surface area contributed by atoms with Crippen molar-refractivity contribution in [2.75, 3.05) is 6.61 Å². The van der Waals surface area contributed by atoms with Gasteiger partial charge in [-0.25, -0.2) is 4.79 Å². The number of fused-ring (bicyclic) bond motifs is 6. The number of esters is 1. The second-order valence-corrected chi connectivity index (χ2v) is 6.98. The number of hydrogen-bond donors (Lipinski definition) is 0. The Morgan fingerprint density at radius 2 is 1.81 bits per heavy atom. The fraction of sp³-hybridized carbons (Fsp3) is 0.611. The number of rotatable bonds is 1. The van der Waals surface area contributed by atoms with Gasteiger partial charge in [-0.2, -0.15) is 0 Å². The molecule has 1 aromatic carbocycles. The van der Waals surface area contributed by atoms with Gasteiger partial charge in [0.1, 0.15) is 0 Å². The summed E-state index contributed by atoms with van der Waals surface area (Å²) in [5.41, 5.74) is -0.285. The van der Waals surface area contributed by atoms with Crippen LogP contribution in [-0.2, 0) is 19.9 Å². The van der Waals surface area contributed by atoms with Crippen LogP contribution in [0.2, 0.25) is 0 Å². The lowest BCUT2D eigenvalue weighted by atomic mass is 9.60. The van der Waals surface area contributed by atoms with E-state index < -0.39 is 5.60 Å². The van der Waals surface area contributed by atoms with Crippen LogP contribution in [0.5, 0.6) is 0 Å². The zero-order valence-electron chi connectivity index (χ0n) is 13.1. The fourth-order valence-corrected chi connectivity index (χ4v) is 3.68. The van der Waals surface area contributed by atoms with Gasteiger partial charge in [0.05, 0.1) is 12.7 Å². The molecule has 0 saturated carbocycles. The molecular formula is C18H24O3. The summed E-state index contributed by atoms with van der Waals surface area (Å²) in [5, 5.41) is 0. The molecule has 3 heteroatoms. The van der Waals surface area contributed by atoms with Crippen molar-refractivity contribution in [2.45, 2.75) is 51.7 Å². The monoisotopic (exact) mass is 288 g/mol. The third-order valence-corrected chi connectivity index (χ3v) is 5.26. The Hall–Kier alpha value is -1.35. The minimum Gasteiger partial charge on any atom is -0.463 e. The van der Waals surface area contributed by atoms with Gasteiger partial charge in [-0.15, -0.1) is 0 Å². The fourth-order valence-electron chi connectivity index (χ4n) is 3.68. The molecule has 3 aliphatic heterocycles. The van der Waals surface area contributed by atoms with Crippen LogP contribution in [-0.4, -0.2) is 18.7 Å². The van der Waals surface area contributed by atoms with E-state index >= 15 is 0 Å². The van der Waals surface area contributed by atoms with E-state index in [2.05, 4.69) is 20.8 Å². The normalized spacial score (nSPS) is 35.5. The van der Waals surface area contributed by atoms with E-state index in [-0.39, 0.29) is 17.5 Å². The molecular weight excluding hydrogens is 264 g/mol. The zero-order chi connectivity index (χ0) is 15.1. The van der Waals surface area contributed by atoms with E-state index in [0.29, 0.717) is 12.5 Å². The molecule has 3 heterocycles. The molecule has 0 radical (unpaired) electrons. The van der Waals surface area contributed by atoms with Crippen molar-refractivity contribution in [2.24, 2.45) is 11.3 Å². The van der Waals surface area contributed by atoms with Crippen molar-refractivity contribution in [3.05, 3.63) is 35.9 Å². The van der Waals surface area contributed by atoms with Gasteiger partial charge in [0.25, 0.3) is 0 Å². The van der Waals surface area contributed by atoms with Crippen LogP contribution in [0.15, 0.2) is 30.3 Å². The first-order chi connectivity index (χ1) is 9.98. The Kier molecular flexibility index (Phi) is 3.56. The van der Waals surface area contributed by atoms with Crippen LogP contribution in [0.25, 0.3) is 0 Å². The topological polar surface area (TPSA) is 35.5 Å². The maximum absolute atomic E-state index is 12.8. The molecule has 3 aliphatic rings. The van der Waals surface area contributed by atoms with Crippen molar-refractivity contribution >= 4 is 5.97 Å². The molecule has 2 bridgehead atoms. The van der Waals surface area contributed by atoms with Gasteiger partial charge >= 0.3 is 5.97 Å². The van der Waals surface area contributed by atoms with E-state index in [4.69, 9.17) is 9.47 Å². The lowest BCUT2D eigenvalue weighted by Crippen LogP contribution is -2.68. The van der Waals surface area contributed by atoms with Crippen molar-refractivity contribution in [3.63, 3.8) is 0 Å². The van der Waals surface area contributed by atoms with Crippen molar-refractivity contribution in [1.29, 1.82) is 0 Å². The molecule has 21 heavy (non-hydrogen) atoms.